The van der Waals surface area contributed by atoms with Gasteiger partial charge in [-0.05, 0) is 55.2 Å². The molecular weight excluding hydrogens is 498 g/mol. The number of unbranched alkanes of at least 4 members (excludes halogenated alkanes) is 1. The van der Waals surface area contributed by atoms with Gasteiger partial charge in [0, 0.05) is 50.8 Å². The molecule has 4 unspecified atom stereocenters. The molecule has 0 aliphatic heterocycles. The van der Waals surface area contributed by atoms with Crippen LogP contribution in [0.15, 0.2) is 18.2 Å². The Balaban J connectivity index is 2.76. The topological polar surface area (TPSA) is 132 Å². The maximum Gasteiger partial charge on any atom is 0.251 e. The summed E-state index contributed by atoms with van der Waals surface area (Å²) >= 11 is 0. The molecule has 9 nitrogen and oxygen atoms in total. The Morgan fingerprint density at radius 1 is 0.974 bits per heavy atom. The van der Waals surface area contributed by atoms with Crippen LogP contribution in [0.3, 0.4) is 0 Å². The zero-order chi connectivity index (χ0) is 29.4. The van der Waals surface area contributed by atoms with Crippen LogP contribution in [-0.4, -0.2) is 69.6 Å². The minimum Gasteiger partial charge on any atom is -0.493 e. The fourth-order valence-corrected chi connectivity index (χ4v) is 4.38. The number of ether oxygens (including phenoxy) is 3. The number of carbonyl (C=O) groups is 2. The van der Waals surface area contributed by atoms with Gasteiger partial charge in [-0.15, -0.1) is 0 Å². The number of amides is 2. The van der Waals surface area contributed by atoms with Crippen LogP contribution >= 0.6 is 0 Å². The summed E-state index contributed by atoms with van der Waals surface area (Å²) < 4.78 is 16.2. The lowest BCUT2D eigenvalue weighted by Crippen LogP contribution is -2.44. The van der Waals surface area contributed by atoms with Crippen LogP contribution in [0.4, 0.5) is 0 Å². The van der Waals surface area contributed by atoms with Gasteiger partial charge >= 0.3 is 0 Å². The first-order chi connectivity index (χ1) is 18.5. The van der Waals surface area contributed by atoms with Crippen molar-refractivity contribution in [3.8, 4) is 11.5 Å². The molecule has 0 saturated carbocycles. The van der Waals surface area contributed by atoms with Gasteiger partial charge in [-0.2, -0.15) is 0 Å². The predicted molar refractivity (Wildman–Crippen MR) is 155 cm³/mol. The summed E-state index contributed by atoms with van der Waals surface area (Å²) in [4.78, 5) is 25.6. The normalized spacial score (nSPS) is 14.5. The molecular formula is C30H53N3O6. The molecule has 0 heterocycles. The molecule has 0 aromatic heterocycles. The molecule has 5 N–H and O–H groups in total. The number of hydrogen-bond acceptors (Lipinski definition) is 7. The van der Waals surface area contributed by atoms with E-state index >= 15 is 0 Å². The van der Waals surface area contributed by atoms with E-state index in [1.807, 2.05) is 13.8 Å². The molecule has 1 aromatic rings. The number of aliphatic hydroxyl groups is 1. The van der Waals surface area contributed by atoms with Gasteiger partial charge in [0.2, 0.25) is 5.91 Å². The maximum absolute atomic E-state index is 13.0. The van der Waals surface area contributed by atoms with Crippen molar-refractivity contribution in [3.63, 3.8) is 0 Å². The monoisotopic (exact) mass is 551 g/mol. The van der Waals surface area contributed by atoms with Crippen molar-refractivity contribution in [1.29, 1.82) is 0 Å². The second-order valence-corrected chi connectivity index (χ2v) is 11.0. The number of hydrogen-bond donors (Lipinski definition) is 4. The lowest BCUT2D eigenvalue weighted by Gasteiger charge is -2.30. The molecule has 0 aliphatic carbocycles. The quantitative estimate of drug-likeness (QED) is 0.181. The number of aliphatic hydroxyl groups excluding tert-OH is 1. The Kier molecular flexibility index (Phi) is 16.7. The van der Waals surface area contributed by atoms with Crippen molar-refractivity contribution >= 4 is 11.8 Å². The SMILES string of the molecule is CCCCNC(=O)C(CC(O)C(N)CC(CNC(=O)c1ccc(OC)c(OCCCOC)c1)C(C)C)C(C)C. The van der Waals surface area contributed by atoms with Gasteiger partial charge in [-0.1, -0.05) is 41.0 Å². The number of carbonyl (C=O) groups excluding carboxylic acids is 2. The number of benzene rings is 1. The summed E-state index contributed by atoms with van der Waals surface area (Å²) in [6.45, 7) is 12.3. The zero-order valence-electron chi connectivity index (χ0n) is 25.1. The van der Waals surface area contributed by atoms with Crippen LogP contribution in [-0.2, 0) is 9.53 Å². The smallest absolute Gasteiger partial charge is 0.251 e. The van der Waals surface area contributed by atoms with E-state index in [9.17, 15) is 14.7 Å². The molecule has 0 spiro atoms. The van der Waals surface area contributed by atoms with Crippen molar-refractivity contribution in [1.82, 2.24) is 10.6 Å². The number of methoxy groups -OCH3 is 2. The highest BCUT2D eigenvalue weighted by atomic mass is 16.5. The van der Waals surface area contributed by atoms with E-state index in [-0.39, 0.29) is 35.5 Å². The molecule has 224 valence electrons. The van der Waals surface area contributed by atoms with Crippen molar-refractivity contribution < 1.29 is 28.9 Å². The van der Waals surface area contributed by atoms with Crippen LogP contribution in [0, 0.1) is 23.7 Å². The molecule has 2 amide bonds. The molecule has 39 heavy (non-hydrogen) atoms. The second kappa shape index (κ2) is 18.8. The highest BCUT2D eigenvalue weighted by Crippen LogP contribution is 2.28. The fourth-order valence-electron chi connectivity index (χ4n) is 4.38. The Bertz CT molecular complexity index is 848. The third-order valence-corrected chi connectivity index (χ3v) is 7.18. The fraction of sp³-hybridized carbons (Fsp3) is 0.733. The molecule has 0 saturated heterocycles. The van der Waals surface area contributed by atoms with Crippen molar-refractivity contribution in [2.75, 3.05) is 40.5 Å². The predicted octanol–water partition coefficient (Wildman–Crippen LogP) is 3.77. The Morgan fingerprint density at radius 2 is 1.69 bits per heavy atom. The first kappa shape index (κ1) is 34.7. The van der Waals surface area contributed by atoms with Gasteiger partial charge in [0.1, 0.15) is 0 Å². The summed E-state index contributed by atoms with van der Waals surface area (Å²) in [7, 11) is 3.20. The van der Waals surface area contributed by atoms with Crippen LogP contribution in [0.5, 0.6) is 11.5 Å². The van der Waals surface area contributed by atoms with Gasteiger partial charge in [-0.25, -0.2) is 0 Å². The Morgan fingerprint density at radius 3 is 2.28 bits per heavy atom. The zero-order valence-corrected chi connectivity index (χ0v) is 25.1. The molecule has 4 atom stereocenters. The van der Waals surface area contributed by atoms with Gasteiger partial charge in [0.15, 0.2) is 11.5 Å². The van der Waals surface area contributed by atoms with E-state index in [2.05, 4.69) is 31.4 Å². The molecule has 0 fully saturated rings. The Labute approximate surface area is 235 Å². The largest absolute Gasteiger partial charge is 0.493 e. The average molecular weight is 552 g/mol. The van der Waals surface area contributed by atoms with Gasteiger partial charge < -0.3 is 35.7 Å². The molecule has 0 aliphatic rings. The number of rotatable bonds is 20. The van der Waals surface area contributed by atoms with Gasteiger partial charge in [0.05, 0.1) is 19.8 Å². The number of nitrogens with two attached hydrogens (primary N) is 1. The molecule has 1 rings (SSSR count). The minimum atomic E-state index is -0.814. The lowest BCUT2D eigenvalue weighted by atomic mass is 9.83. The van der Waals surface area contributed by atoms with Crippen molar-refractivity contribution in [2.24, 2.45) is 29.4 Å². The third-order valence-electron chi connectivity index (χ3n) is 7.18. The van der Waals surface area contributed by atoms with Crippen LogP contribution in [0.1, 0.15) is 77.1 Å². The first-order valence-electron chi connectivity index (χ1n) is 14.3. The van der Waals surface area contributed by atoms with E-state index in [0.717, 1.165) is 19.3 Å². The van der Waals surface area contributed by atoms with E-state index < -0.39 is 12.1 Å². The van der Waals surface area contributed by atoms with Gasteiger partial charge in [0.25, 0.3) is 5.91 Å². The highest BCUT2D eigenvalue weighted by molar-refractivity contribution is 5.94. The Hall–Kier alpha value is -2.36. The molecule has 0 radical (unpaired) electrons. The molecule has 1 aromatic carbocycles. The molecule has 0 bridgehead atoms. The first-order valence-corrected chi connectivity index (χ1v) is 14.3. The van der Waals surface area contributed by atoms with Crippen LogP contribution in [0.25, 0.3) is 0 Å². The van der Waals surface area contributed by atoms with Crippen LogP contribution < -0.4 is 25.8 Å². The van der Waals surface area contributed by atoms with E-state index in [1.54, 1.807) is 32.4 Å². The number of nitrogens with one attached hydrogen (secondary N) is 2. The second-order valence-electron chi connectivity index (χ2n) is 11.0. The van der Waals surface area contributed by atoms with Crippen LogP contribution in [0.2, 0.25) is 0 Å². The summed E-state index contributed by atoms with van der Waals surface area (Å²) in [6, 6.07) is 4.59. The van der Waals surface area contributed by atoms with E-state index in [4.69, 9.17) is 19.9 Å². The minimum absolute atomic E-state index is 0.0288. The van der Waals surface area contributed by atoms with Gasteiger partial charge in [-0.3, -0.25) is 9.59 Å². The lowest BCUT2D eigenvalue weighted by molar-refractivity contribution is -0.127. The summed E-state index contributed by atoms with van der Waals surface area (Å²) in [6.07, 6.45) is 2.69. The summed E-state index contributed by atoms with van der Waals surface area (Å²) in [5, 5.41) is 16.9. The van der Waals surface area contributed by atoms with Crippen molar-refractivity contribution in [2.45, 2.75) is 78.9 Å². The maximum atomic E-state index is 13.0. The third kappa shape index (κ3) is 12.6. The van der Waals surface area contributed by atoms with E-state index in [0.29, 0.717) is 56.2 Å². The average Bonchev–Trinajstić information content (AvgIpc) is 2.91. The van der Waals surface area contributed by atoms with Crippen molar-refractivity contribution in [3.05, 3.63) is 23.8 Å². The van der Waals surface area contributed by atoms with E-state index in [1.165, 1.54) is 0 Å². The summed E-state index contributed by atoms with van der Waals surface area (Å²) in [5.41, 5.74) is 6.90. The standard InChI is InChI=1S/C30H53N3O6/c1-8-9-13-32-30(36)24(21(4)5)18-26(34)25(31)16-23(20(2)3)19-33-29(35)22-11-12-27(38-7)28(17-22)39-15-10-14-37-6/h11-12,17,20-21,23-26,34H,8-10,13-16,18-19,31H2,1-7H3,(H,32,36)(H,33,35). The highest BCUT2D eigenvalue weighted by Gasteiger charge is 2.29. The summed E-state index contributed by atoms with van der Waals surface area (Å²) in [5.74, 6) is 0.887. The molecule has 9 heteroatoms.